The summed E-state index contributed by atoms with van der Waals surface area (Å²) in [6, 6.07) is 9.38. The minimum absolute atomic E-state index is 0.219. The average Bonchev–Trinajstić information content (AvgIpc) is 3.73. The summed E-state index contributed by atoms with van der Waals surface area (Å²) >= 11 is 0. The Morgan fingerprint density at radius 1 is 0.933 bits per heavy atom. The fourth-order valence-electron chi connectivity index (χ4n) is 8.63. The molecule has 9 unspecified atom stereocenters. The van der Waals surface area contributed by atoms with E-state index in [4.69, 9.17) is 23.7 Å². The number of carbonyl (C=O) groups is 4. The number of aliphatic hydroxyl groups excluding tert-OH is 1. The van der Waals surface area contributed by atoms with E-state index in [0.717, 1.165) is 5.56 Å². The van der Waals surface area contributed by atoms with Gasteiger partial charge in [-0.1, -0.05) is 51.1 Å². The van der Waals surface area contributed by atoms with Crippen LogP contribution in [0.15, 0.2) is 47.6 Å². The minimum atomic E-state index is -1.25. The van der Waals surface area contributed by atoms with Crippen molar-refractivity contribution >= 4 is 30.0 Å². The third kappa shape index (κ3) is 5.94. The van der Waals surface area contributed by atoms with Crippen LogP contribution in [0.2, 0.25) is 0 Å². The van der Waals surface area contributed by atoms with Gasteiger partial charge in [-0.2, -0.15) is 0 Å². The van der Waals surface area contributed by atoms with Gasteiger partial charge < -0.3 is 28.8 Å². The Hall–Kier alpha value is -3.50. The van der Waals surface area contributed by atoms with Crippen molar-refractivity contribution in [3.8, 4) is 0 Å². The number of hydrogen-bond donors (Lipinski definition) is 1. The van der Waals surface area contributed by atoms with Crippen LogP contribution in [0.3, 0.4) is 0 Å². The van der Waals surface area contributed by atoms with Crippen LogP contribution in [-0.2, 0) is 42.9 Å². The Bertz CT molecular complexity index is 1410. The zero-order chi connectivity index (χ0) is 32.9. The van der Waals surface area contributed by atoms with Crippen molar-refractivity contribution in [2.75, 3.05) is 6.61 Å². The van der Waals surface area contributed by atoms with Gasteiger partial charge in [0, 0.05) is 44.1 Å². The number of rotatable bonds is 6. The van der Waals surface area contributed by atoms with Crippen molar-refractivity contribution in [3.05, 3.63) is 53.1 Å². The van der Waals surface area contributed by atoms with Crippen molar-refractivity contribution < 1.29 is 48.0 Å². The quantitative estimate of drug-likeness (QED) is 0.160. The van der Waals surface area contributed by atoms with Gasteiger partial charge in [0.2, 0.25) is 0 Å². The molecule has 4 aliphatic rings. The molecule has 2 saturated carbocycles. The minimum Gasteiger partial charge on any atom is -0.462 e. The van der Waals surface area contributed by atoms with Crippen LogP contribution >= 0.6 is 0 Å². The maximum absolute atomic E-state index is 13.1. The highest BCUT2D eigenvalue weighted by Crippen LogP contribution is 2.65. The summed E-state index contributed by atoms with van der Waals surface area (Å²) in [5.41, 5.74) is -0.681. The molecule has 1 aromatic rings. The van der Waals surface area contributed by atoms with Crippen LogP contribution in [0.5, 0.6) is 0 Å². The molecule has 2 bridgehead atoms. The van der Waals surface area contributed by atoms with Gasteiger partial charge in [0.15, 0.2) is 0 Å². The molecule has 1 N–H and O–H groups in total. The summed E-state index contributed by atoms with van der Waals surface area (Å²) < 4.78 is 30.3. The van der Waals surface area contributed by atoms with E-state index >= 15 is 0 Å². The fraction of sp³-hybridized carbons (Fsp3) is 0.600. The van der Waals surface area contributed by atoms with Crippen molar-refractivity contribution in [2.24, 2.45) is 22.7 Å². The number of epoxide rings is 1. The Labute approximate surface area is 264 Å². The summed E-state index contributed by atoms with van der Waals surface area (Å²) in [5, 5.41) is 12.2. The molecule has 45 heavy (non-hydrogen) atoms. The highest BCUT2D eigenvalue weighted by atomic mass is 16.6. The summed E-state index contributed by atoms with van der Waals surface area (Å²) in [7, 11) is 0. The molecule has 0 amide bonds. The van der Waals surface area contributed by atoms with Gasteiger partial charge >= 0.3 is 23.9 Å². The zero-order valence-corrected chi connectivity index (χ0v) is 27.0. The number of fused-ring (bicyclic) bond motifs is 4. The van der Waals surface area contributed by atoms with Crippen LogP contribution in [-0.4, -0.2) is 71.7 Å². The number of carbonyl (C=O) groups excluding carboxylic acids is 4. The van der Waals surface area contributed by atoms with Gasteiger partial charge in [0.1, 0.15) is 36.1 Å². The van der Waals surface area contributed by atoms with Crippen molar-refractivity contribution in [1.82, 2.24) is 0 Å². The lowest BCUT2D eigenvalue weighted by atomic mass is 9.48. The molecule has 3 fully saturated rings. The molecular formula is C35H44O10. The summed E-state index contributed by atoms with van der Waals surface area (Å²) in [4.78, 5) is 50.8. The molecular weight excluding hydrogens is 580 g/mol. The number of ether oxygens (including phenoxy) is 5. The fourth-order valence-corrected chi connectivity index (χ4v) is 8.63. The molecule has 1 aromatic carbocycles. The second-order valence-corrected chi connectivity index (χ2v) is 13.7. The van der Waals surface area contributed by atoms with E-state index in [1.165, 1.54) is 26.8 Å². The lowest BCUT2D eigenvalue weighted by molar-refractivity contribution is -0.225. The average molecular weight is 625 g/mol. The molecule has 0 radical (unpaired) electrons. The number of benzene rings is 1. The SMILES string of the molecule is CC(=O)OC1CC2C(OC(C)=O)C3C(C)(CCC(OC(=O)C=Cc4ccccc4)C34CO4)C(OC(C)=O)C(O)C(=C1C)C2(C)C. The molecule has 10 nitrogen and oxygen atoms in total. The van der Waals surface area contributed by atoms with Crippen molar-refractivity contribution in [1.29, 1.82) is 0 Å². The molecule has 5 rings (SSSR count). The van der Waals surface area contributed by atoms with E-state index < -0.39 is 82.7 Å². The van der Waals surface area contributed by atoms with Crippen LogP contribution in [0.1, 0.15) is 73.3 Å². The molecule has 0 aromatic heterocycles. The van der Waals surface area contributed by atoms with E-state index in [0.29, 0.717) is 30.4 Å². The second-order valence-electron chi connectivity index (χ2n) is 13.7. The normalized spacial score (nSPS) is 36.8. The highest BCUT2D eigenvalue weighted by Gasteiger charge is 2.74. The van der Waals surface area contributed by atoms with Gasteiger partial charge in [0.05, 0.1) is 6.61 Å². The topological polar surface area (TPSA) is 138 Å². The Balaban J connectivity index is 1.63. The van der Waals surface area contributed by atoms with Crippen LogP contribution < -0.4 is 0 Å². The molecule has 1 aliphatic heterocycles. The van der Waals surface area contributed by atoms with E-state index in [2.05, 4.69) is 0 Å². The molecule has 244 valence electrons. The standard InChI is InChI=1S/C35H44O10/c1-19-25(42-20(2)36)17-24-30(43-21(3)37)31-34(7,32(44-22(4)38)29(40)28(19)33(24,5)6)16-15-26(35(31)18-41-35)45-27(39)14-13-23-11-9-8-10-12-23/h8-14,24-26,29-32,40H,15-18H2,1-7H3. The monoisotopic (exact) mass is 624 g/mol. The molecule has 1 spiro atoms. The van der Waals surface area contributed by atoms with Gasteiger partial charge in [-0.05, 0) is 54.4 Å². The first-order chi connectivity index (χ1) is 21.1. The first-order valence-corrected chi connectivity index (χ1v) is 15.6. The molecule has 10 heteroatoms. The summed E-state index contributed by atoms with van der Waals surface area (Å²) in [6.07, 6.45) is -0.383. The maximum Gasteiger partial charge on any atom is 0.331 e. The molecule has 3 aliphatic carbocycles. The maximum atomic E-state index is 13.1. The third-order valence-electron chi connectivity index (χ3n) is 10.5. The smallest absolute Gasteiger partial charge is 0.331 e. The summed E-state index contributed by atoms with van der Waals surface area (Å²) in [6.45, 7) is 11.8. The Kier molecular flexibility index (Phi) is 8.78. The third-order valence-corrected chi connectivity index (χ3v) is 10.5. The van der Waals surface area contributed by atoms with E-state index in [9.17, 15) is 24.3 Å². The van der Waals surface area contributed by atoms with Crippen LogP contribution in [0.4, 0.5) is 0 Å². The molecule has 1 saturated heterocycles. The van der Waals surface area contributed by atoms with Crippen LogP contribution in [0.25, 0.3) is 6.08 Å². The molecule has 1 heterocycles. The van der Waals surface area contributed by atoms with E-state index in [1.807, 2.05) is 58.0 Å². The van der Waals surface area contributed by atoms with Gasteiger partial charge in [-0.25, -0.2) is 4.79 Å². The lowest BCUT2D eigenvalue weighted by Crippen LogP contribution is -2.68. The lowest BCUT2D eigenvalue weighted by Gasteiger charge is -2.60. The first-order valence-electron chi connectivity index (χ1n) is 15.6. The van der Waals surface area contributed by atoms with Gasteiger partial charge in [0.25, 0.3) is 0 Å². The van der Waals surface area contributed by atoms with Gasteiger partial charge in [-0.15, -0.1) is 0 Å². The molecule has 9 atom stereocenters. The first kappa shape index (κ1) is 32.9. The number of hydrogen-bond acceptors (Lipinski definition) is 10. The van der Waals surface area contributed by atoms with Crippen LogP contribution in [0, 0.1) is 22.7 Å². The summed E-state index contributed by atoms with van der Waals surface area (Å²) in [5.74, 6) is -3.20. The van der Waals surface area contributed by atoms with E-state index in [1.54, 1.807) is 6.08 Å². The predicted octanol–water partition coefficient (Wildman–Crippen LogP) is 4.33. The van der Waals surface area contributed by atoms with Crippen molar-refractivity contribution in [3.63, 3.8) is 0 Å². The van der Waals surface area contributed by atoms with E-state index in [-0.39, 0.29) is 6.61 Å². The Morgan fingerprint density at radius 3 is 2.13 bits per heavy atom. The predicted molar refractivity (Wildman–Crippen MR) is 162 cm³/mol. The van der Waals surface area contributed by atoms with Gasteiger partial charge in [-0.3, -0.25) is 14.4 Å². The largest absolute Gasteiger partial charge is 0.462 e. The highest BCUT2D eigenvalue weighted by molar-refractivity contribution is 5.87. The number of esters is 4. The number of aliphatic hydroxyl groups is 1. The Morgan fingerprint density at radius 2 is 1.56 bits per heavy atom. The zero-order valence-electron chi connectivity index (χ0n) is 27.0. The van der Waals surface area contributed by atoms with Crippen molar-refractivity contribution in [2.45, 2.75) is 104 Å². The second kappa shape index (κ2) is 12.0.